The zero-order valence-corrected chi connectivity index (χ0v) is 17.9. The number of pyridine rings is 2. The van der Waals surface area contributed by atoms with Crippen LogP contribution in [-0.4, -0.2) is 60.1 Å². The topological polar surface area (TPSA) is 91.5 Å². The lowest BCUT2D eigenvalue weighted by Crippen LogP contribution is -2.46. The molecule has 5 heterocycles. The highest BCUT2D eigenvalue weighted by atomic mass is 16.2. The summed E-state index contributed by atoms with van der Waals surface area (Å²) < 4.78 is 3.15. The van der Waals surface area contributed by atoms with Crippen LogP contribution in [0.3, 0.4) is 0 Å². The molecule has 32 heavy (non-hydrogen) atoms. The molecule has 9 heteroatoms. The second-order valence-corrected chi connectivity index (χ2v) is 8.15. The minimum absolute atomic E-state index is 0.354. The molecule has 1 atom stereocenters. The van der Waals surface area contributed by atoms with Crippen molar-refractivity contribution in [3.63, 3.8) is 0 Å². The zero-order chi connectivity index (χ0) is 22.1. The lowest BCUT2D eigenvalue weighted by Gasteiger charge is -2.38. The lowest BCUT2D eigenvalue weighted by atomic mass is 10.1. The van der Waals surface area contributed by atoms with Gasteiger partial charge in [-0.1, -0.05) is 6.07 Å². The largest absolute Gasteiger partial charge is 0.333 e. The maximum absolute atomic E-state index is 12.2. The fourth-order valence-electron chi connectivity index (χ4n) is 4.30. The molecule has 5 rings (SSSR count). The fourth-order valence-corrected chi connectivity index (χ4v) is 4.30. The van der Waals surface area contributed by atoms with Gasteiger partial charge in [-0.2, -0.15) is 5.10 Å². The van der Waals surface area contributed by atoms with Crippen molar-refractivity contribution in [2.45, 2.75) is 19.5 Å². The number of fused-ring (bicyclic) bond motifs is 1. The summed E-state index contributed by atoms with van der Waals surface area (Å²) in [6, 6.07) is 9.93. The van der Waals surface area contributed by atoms with Gasteiger partial charge in [0.05, 0.1) is 17.4 Å². The van der Waals surface area contributed by atoms with E-state index in [0.717, 1.165) is 43.8 Å². The fraction of sp³-hybridized carbons (Fsp3) is 0.304. The van der Waals surface area contributed by atoms with Crippen molar-refractivity contribution in [3.8, 4) is 5.69 Å². The Bertz CT molecular complexity index is 1330. The van der Waals surface area contributed by atoms with E-state index in [4.69, 9.17) is 0 Å². The molecule has 0 saturated carbocycles. The van der Waals surface area contributed by atoms with Gasteiger partial charge in [-0.25, -0.2) is 9.31 Å². The number of aromatic nitrogens is 5. The smallest absolute Gasteiger partial charge is 0.297 e. The lowest BCUT2D eigenvalue weighted by molar-refractivity contribution is 0.0977. The van der Waals surface area contributed by atoms with Gasteiger partial charge in [0.25, 0.3) is 5.56 Å². The van der Waals surface area contributed by atoms with E-state index in [0.29, 0.717) is 11.7 Å². The minimum Gasteiger partial charge on any atom is -0.297 e. The summed E-state index contributed by atoms with van der Waals surface area (Å²) in [5.74, 6) is 0. The van der Waals surface area contributed by atoms with Crippen LogP contribution in [0.25, 0.3) is 11.2 Å². The number of nitrogens with zero attached hydrogens (tertiary/aromatic N) is 6. The molecule has 164 valence electrons. The van der Waals surface area contributed by atoms with Crippen LogP contribution in [0.1, 0.15) is 24.1 Å². The predicted molar refractivity (Wildman–Crippen MR) is 121 cm³/mol. The molecular weight excluding hydrogens is 406 g/mol. The molecule has 0 aliphatic carbocycles. The van der Waals surface area contributed by atoms with Crippen molar-refractivity contribution in [2.75, 3.05) is 26.2 Å². The zero-order valence-electron chi connectivity index (χ0n) is 17.9. The molecule has 0 amide bonds. The van der Waals surface area contributed by atoms with Gasteiger partial charge in [0.15, 0.2) is 0 Å². The molecule has 0 radical (unpaired) electrons. The van der Waals surface area contributed by atoms with Crippen LogP contribution in [0, 0.1) is 0 Å². The van der Waals surface area contributed by atoms with Gasteiger partial charge in [0.2, 0.25) is 0 Å². The second kappa shape index (κ2) is 8.52. The van der Waals surface area contributed by atoms with Gasteiger partial charge in [0, 0.05) is 69.6 Å². The van der Waals surface area contributed by atoms with Crippen molar-refractivity contribution in [1.29, 1.82) is 0 Å². The van der Waals surface area contributed by atoms with Gasteiger partial charge in [-0.15, -0.1) is 0 Å². The Kier molecular flexibility index (Phi) is 5.42. The monoisotopic (exact) mass is 431 g/mol. The Hall–Kier alpha value is -3.56. The van der Waals surface area contributed by atoms with Gasteiger partial charge >= 0.3 is 5.69 Å². The van der Waals surface area contributed by atoms with Crippen LogP contribution in [0.4, 0.5) is 0 Å². The van der Waals surface area contributed by atoms with Crippen molar-refractivity contribution in [2.24, 2.45) is 0 Å². The van der Waals surface area contributed by atoms with E-state index in [1.165, 1.54) is 22.4 Å². The number of nitrogens with one attached hydrogen (secondary N) is 1. The molecule has 1 unspecified atom stereocenters. The average Bonchev–Trinajstić information content (AvgIpc) is 3.23. The van der Waals surface area contributed by atoms with Gasteiger partial charge in [-0.3, -0.25) is 29.1 Å². The maximum Gasteiger partial charge on any atom is 0.333 e. The molecule has 0 bridgehead atoms. The van der Waals surface area contributed by atoms with Crippen molar-refractivity contribution >= 4 is 5.52 Å². The Labute approximate surface area is 184 Å². The third kappa shape index (κ3) is 4.00. The molecule has 1 fully saturated rings. The second-order valence-electron chi connectivity index (χ2n) is 8.15. The Morgan fingerprint density at radius 3 is 2.66 bits per heavy atom. The van der Waals surface area contributed by atoms with Gasteiger partial charge in [0.1, 0.15) is 0 Å². The third-order valence-electron chi connectivity index (χ3n) is 6.18. The van der Waals surface area contributed by atoms with Crippen LogP contribution in [0.5, 0.6) is 0 Å². The molecule has 1 aliphatic heterocycles. The number of hydrogen-bond donors (Lipinski definition) is 1. The molecular formula is C23H25N7O2. The quantitative estimate of drug-likeness (QED) is 0.514. The van der Waals surface area contributed by atoms with E-state index in [9.17, 15) is 9.59 Å². The normalized spacial score (nSPS) is 16.4. The van der Waals surface area contributed by atoms with Crippen molar-refractivity contribution < 1.29 is 0 Å². The molecule has 0 aromatic carbocycles. The molecule has 4 aromatic rings. The highest BCUT2D eigenvalue weighted by molar-refractivity contribution is 5.64. The van der Waals surface area contributed by atoms with Crippen LogP contribution >= 0.6 is 0 Å². The van der Waals surface area contributed by atoms with Gasteiger partial charge in [-0.05, 0) is 36.2 Å². The summed E-state index contributed by atoms with van der Waals surface area (Å²) in [7, 11) is 0. The van der Waals surface area contributed by atoms with Gasteiger partial charge < -0.3 is 0 Å². The van der Waals surface area contributed by atoms with E-state index in [1.54, 1.807) is 10.7 Å². The summed E-state index contributed by atoms with van der Waals surface area (Å²) in [5, 5.41) is 4.34. The number of aromatic amines is 1. The highest BCUT2D eigenvalue weighted by Crippen LogP contribution is 2.22. The first kappa shape index (κ1) is 20.3. The SMILES string of the molecule is CC(c1cccnc1)N1CCN(Cc2ccn3ncc(-n4ccc(=O)[nH]c4=O)c3c2)CC1. The van der Waals surface area contributed by atoms with Crippen LogP contribution in [-0.2, 0) is 6.54 Å². The molecule has 4 aromatic heterocycles. The molecule has 9 nitrogen and oxygen atoms in total. The van der Waals surface area contributed by atoms with Crippen molar-refractivity contribution in [3.05, 3.63) is 93.3 Å². The van der Waals surface area contributed by atoms with Crippen LogP contribution in [0.2, 0.25) is 0 Å². The molecule has 1 aliphatic rings. The Morgan fingerprint density at radius 1 is 1.06 bits per heavy atom. The number of rotatable bonds is 5. The summed E-state index contributed by atoms with van der Waals surface area (Å²) in [5.41, 5.74) is 2.98. The van der Waals surface area contributed by atoms with E-state index in [1.807, 2.05) is 24.7 Å². The van der Waals surface area contributed by atoms with Crippen LogP contribution in [0.15, 0.2) is 70.9 Å². The van der Waals surface area contributed by atoms with E-state index < -0.39 is 11.2 Å². The predicted octanol–water partition coefficient (Wildman–Crippen LogP) is 1.45. The average molecular weight is 432 g/mol. The number of H-pyrrole nitrogens is 1. The summed E-state index contributed by atoms with van der Waals surface area (Å²) >= 11 is 0. The van der Waals surface area contributed by atoms with E-state index >= 15 is 0 Å². The number of piperazine rings is 1. The molecule has 1 saturated heterocycles. The Balaban J connectivity index is 1.30. The number of hydrogen-bond acceptors (Lipinski definition) is 6. The minimum atomic E-state index is -0.475. The molecule has 1 N–H and O–H groups in total. The first-order chi connectivity index (χ1) is 15.6. The first-order valence-corrected chi connectivity index (χ1v) is 10.7. The summed E-state index contributed by atoms with van der Waals surface area (Å²) in [4.78, 5) is 35.1. The molecule has 0 spiro atoms. The third-order valence-corrected chi connectivity index (χ3v) is 6.18. The van der Waals surface area contributed by atoms with Crippen molar-refractivity contribution in [1.82, 2.24) is 33.9 Å². The van der Waals surface area contributed by atoms with E-state index in [2.05, 4.69) is 50.0 Å². The standard InChI is InChI=1S/C23H25N7O2/c1-17(19-3-2-6-24-14-19)28-11-9-27(10-12-28)16-18-4-8-30-20(13-18)21(15-25-30)29-7-5-22(31)26-23(29)32/h2-8,13-15,17H,9-12,16H2,1H3,(H,26,31,32). The maximum atomic E-state index is 12.2. The van der Waals surface area contributed by atoms with Crippen LogP contribution < -0.4 is 11.2 Å². The Morgan fingerprint density at radius 2 is 1.91 bits per heavy atom. The summed E-state index contributed by atoms with van der Waals surface area (Å²) in [6.45, 7) is 7.05. The summed E-state index contributed by atoms with van der Waals surface area (Å²) in [6.07, 6.45) is 8.78. The first-order valence-electron chi connectivity index (χ1n) is 10.7. The van der Waals surface area contributed by atoms with E-state index in [-0.39, 0.29) is 0 Å². The highest BCUT2D eigenvalue weighted by Gasteiger charge is 2.22.